The molecule has 1 spiro atoms. The zero-order valence-corrected chi connectivity index (χ0v) is 15.3. The molecule has 3 aliphatic rings. The Hall–Kier alpha value is -1.33. The van der Waals surface area contributed by atoms with Crippen LogP contribution in [0.1, 0.15) is 44.9 Å². The molecule has 1 aromatic heterocycles. The summed E-state index contributed by atoms with van der Waals surface area (Å²) in [7, 11) is 0. The second kappa shape index (κ2) is 6.76. The molecular weight excluding hydrogens is 338 g/mol. The fraction of sp³-hybridized carbons (Fsp3) is 0.684. The lowest BCUT2D eigenvalue weighted by Crippen LogP contribution is -2.47. The van der Waals surface area contributed by atoms with E-state index < -0.39 is 0 Å². The zero-order chi connectivity index (χ0) is 17.4. The molecule has 3 heterocycles. The molecule has 4 rings (SSSR count). The van der Waals surface area contributed by atoms with Gasteiger partial charge in [0.25, 0.3) is 0 Å². The van der Waals surface area contributed by atoms with Crippen molar-refractivity contribution < 1.29 is 9.90 Å². The number of aliphatic hydroxyl groups is 1. The molecule has 3 fully saturated rings. The van der Waals surface area contributed by atoms with Gasteiger partial charge in [-0.2, -0.15) is 0 Å². The van der Waals surface area contributed by atoms with Crippen LogP contribution in [-0.4, -0.2) is 52.7 Å². The topological polar surface area (TPSA) is 56.7 Å². The van der Waals surface area contributed by atoms with E-state index in [0.29, 0.717) is 17.1 Å². The Kier molecular flexibility index (Phi) is 4.63. The van der Waals surface area contributed by atoms with E-state index in [1.165, 1.54) is 0 Å². The lowest BCUT2D eigenvalue weighted by atomic mass is 9.77. The molecule has 1 aliphatic carbocycles. The number of rotatable bonds is 2. The number of anilines is 1. The summed E-state index contributed by atoms with van der Waals surface area (Å²) < 4.78 is 0. The van der Waals surface area contributed by atoms with Crippen molar-refractivity contribution in [2.24, 2.45) is 5.41 Å². The summed E-state index contributed by atoms with van der Waals surface area (Å²) in [6.45, 7) is 2.67. The molecular formula is C19H26ClN3O2. The Labute approximate surface area is 154 Å². The fourth-order valence-corrected chi connectivity index (χ4v) is 4.98. The summed E-state index contributed by atoms with van der Waals surface area (Å²) >= 11 is 6.01. The Bertz CT molecular complexity index is 637. The summed E-state index contributed by atoms with van der Waals surface area (Å²) in [4.78, 5) is 21.7. The van der Waals surface area contributed by atoms with Gasteiger partial charge in [0, 0.05) is 37.6 Å². The largest absolute Gasteiger partial charge is 0.393 e. The van der Waals surface area contributed by atoms with E-state index in [2.05, 4.69) is 14.8 Å². The smallest absolute Gasteiger partial charge is 0.229 e. The number of carbonyl (C=O) groups excluding carboxylic acids is 1. The van der Waals surface area contributed by atoms with Crippen molar-refractivity contribution in [3.05, 3.63) is 23.5 Å². The van der Waals surface area contributed by atoms with E-state index in [0.717, 1.165) is 70.3 Å². The maximum Gasteiger partial charge on any atom is 0.229 e. The second-order valence-corrected chi connectivity index (χ2v) is 8.20. The highest BCUT2D eigenvalue weighted by atomic mass is 35.5. The van der Waals surface area contributed by atoms with Gasteiger partial charge in [-0.25, -0.2) is 4.98 Å². The van der Waals surface area contributed by atoms with E-state index in [-0.39, 0.29) is 11.5 Å². The van der Waals surface area contributed by atoms with Crippen molar-refractivity contribution in [3.63, 3.8) is 0 Å². The number of aromatic nitrogens is 1. The molecule has 2 saturated heterocycles. The van der Waals surface area contributed by atoms with Crippen LogP contribution < -0.4 is 4.90 Å². The molecule has 0 atom stereocenters. The van der Waals surface area contributed by atoms with E-state index in [1.807, 2.05) is 12.1 Å². The van der Waals surface area contributed by atoms with Crippen LogP contribution in [0.15, 0.2) is 18.3 Å². The minimum atomic E-state index is -0.168. The molecule has 1 amide bonds. The van der Waals surface area contributed by atoms with Gasteiger partial charge in [-0.1, -0.05) is 11.6 Å². The van der Waals surface area contributed by atoms with Gasteiger partial charge in [-0.15, -0.1) is 0 Å². The zero-order valence-electron chi connectivity index (χ0n) is 14.5. The predicted molar refractivity (Wildman–Crippen MR) is 97.7 cm³/mol. The lowest BCUT2D eigenvalue weighted by Gasteiger charge is -2.40. The number of carbonyl (C=O) groups is 1. The van der Waals surface area contributed by atoms with Crippen LogP contribution in [-0.2, 0) is 4.79 Å². The SMILES string of the molecule is O=C1N(C2CCC(O)CC2)CCC12CCN(c1ccnc(Cl)c1)CC2. The highest BCUT2D eigenvalue weighted by Crippen LogP contribution is 2.44. The molecule has 136 valence electrons. The van der Waals surface area contributed by atoms with Gasteiger partial charge in [0.05, 0.1) is 11.5 Å². The Morgan fingerprint density at radius 2 is 1.80 bits per heavy atom. The van der Waals surface area contributed by atoms with Gasteiger partial charge in [-0.05, 0) is 57.1 Å². The Morgan fingerprint density at radius 1 is 1.12 bits per heavy atom. The number of nitrogens with zero attached hydrogens (tertiary/aromatic N) is 3. The minimum absolute atomic E-state index is 0.163. The molecule has 0 radical (unpaired) electrons. The highest BCUT2D eigenvalue weighted by molar-refractivity contribution is 6.29. The van der Waals surface area contributed by atoms with Crippen molar-refractivity contribution in [2.75, 3.05) is 24.5 Å². The summed E-state index contributed by atoms with van der Waals surface area (Å²) in [5.41, 5.74) is 0.932. The minimum Gasteiger partial charge on any atom is -0.393 e. The number of hydrogen-bond donors (Lipinski definition) is 1. The first-order valence-corrected chi connectivity index (χ1v) is 9.81. The van der Waals surface area contributed by atoms with Crippen LogP contribution >= 0.6 is 11.6 Å². The van der Waals surface area contributed by atoms with Gasteiger partial charge in [0.2, 0.25) is 5.91 Å². The first kappa shape index (κ1) is 17.1. The van der Waals surface area contributed by atoms with Crippen LogP contribution in [0.4, 0.5) is 5.69 Å². The van der Waals surface area contributed by atoms with Crippen molar-refractivity contribution in [2.45, 2.75) is 57.1 Å². The van der Waals surface area contributed by atoms with E-state index in [4.69, 9.17) is 11.6 Å². The molecule has 0 aromatic carbocycles. The Balaban J connectivity index is 1.40. The number of pyridine rings is 1. The molecule has 2 aliphatic heterocycles. The van der Waals surface area contributed by atoms with E-state index >= 15 is 0 Å². The van der Waals surface area contributed by atoms with Gasteiger partial charge < -0.3 is 14.9 Å². The first-order chi connectivity index (χ1) is 12.1. The number of amides is 1. The fourth-order valence-electron chi connectivity index (χ4n) is 4.81. The number of halogens is 1. The number of hydrogen-bond acceptors (Lipinski definition) is 4. The average molecular weight is 364 g/mol. The maximum absolute atomic E-state index is 13.2. The second-order valence-electron chi connectivity index (χ2n) is 7.82. The molecule has 0 unspecified atom stereocenters. The number of likely N-dealkylation sites (tertiary alicyclic amines) is 1. The van der Waals surface area contributed by atoms with Gasteiger partial charge in [-0.3, -0.25) is 4.79 Å². The summed E-state index contributed by atoms with van der Waals surface area (Å²) in [5, 5.41) is 10.2. The number of piperidine rings is 1. The van der Waals surface area contributed by atoms with Crippen molar-refractivity contribution in [1.29, 1.82) is 0 Å². The summed E-state index contributed by atoms with van der Waals surface area (Å²) in [6.07, 6.45) is 7.94. The van der Waals surface area contributed by atoms with Crippen LogP contribution in [0.3, 0.4) is 0 Å². The quantitative estimate of drug-likeness (QED) is 0.821. The third-order valence-corrected chi connectivity index (χ3v) is 6.66. The Morgan fingerprint density at radius 3 is 2.48 bits per heavy atom. The normalized spacial score (nSPS) is 29.4. The standard InChI is InChI=1S/C19H26ClN3O2/c20-17-13-15(5-9-21-17)22-10-6-19(7-11-22)8-12-23(18(19)25)14-1-3-16(24)4-2-14/h5,9,13-14,16,24H,1-4,6-8,10-12H2. The highest BCUT2D eigenvalue weighted by Gasteiger charge is 2.49. The molecule has 6 heteroatoms. The van der Waals surface area contributed by atoms with E-state index in [9.17, 15) is 9.90 Å². The summed E-state index contributed by atoms with van der Waals surface area (Å²) in [6, 6.07) is 4.22. The monoisotopic (exact) mass is 363 g/mol. The van der Waals surface area contributed by atoms with Gasteiger partial charge in [0.1, 0.15) is 5.15 Å². The average Bonchev–Trinajstić information content (AvgIpc) is 2.93. The maximum atomic E-state index is 13.2. The van der Waals surface area contributed by atoms with E-state index in [1.54, 1.807) is 6.20 Å². The first-order valence-electron chi connectivity index (χ1n) is 9.43. The van der Waals surface area contributed by atoms with Crippen molar-refractivity contribution >= 4 is 23.2 Å². The lowest BCUT2D eigenvalue weighted by molar-refractivity contribution is -0.139. The number of aliphatic hydroxyl groups excluding tert-OH is 1. The van der Waals surface area contributed by atoms with Crippen LogP contribution in [0.2, 0.25) is 5.15 Å². The molecule has 1 N–H and O–H groups in total. The van der Waals surface area contributed by atoms with Crippen LogP contribution in [0, 0.1) is 5.41 Å². The third kappa shape index (κ3) is 3.24. The molecule has 1 saturated carbocycles. The summed E-state index contributed by atoms with van der Waals surface area (Å²) in [5.74, 6) is 0.362. The van der Waals surface area contributed by atoms with Crippen LogP contribution in [0.25, 0.3) is 0 Å². The van der Waals surface area contributed by atoms with Crippen molar-refractivity contribution in [3.8, 4) is 0 Å². The molecule has 1 aromatic rings. The van der Waals surface area contributed by atoms with Crippen molar-refractivity contribution in [1.82, 2.24) is 9.88 Å². The third-order valence-electron chi connectivity index (χ3n) is 6.45. The molecule has 25 heavy (non-hydrogen) atoms. The predicted octanol–water partition coefficient (Wildman–Crippen LogP) is 2.86. The molecule has 5 nitrogen and oxygen atoms in total. The van der Waals surface area contributed by atoms with Gasteiger partial charge in [0.15, 0.2) is 0 Å². The van der Waals surface area contributed by atoms with Crippen LogP contribution in [0.5, 0.6) is 0 Å². The van der Waals surface area contributed by atoms with Gasteiger partial charge >= 0.3 is 0 Å². The molecule has 0 bridgehead atoms.